The molecule has 88 valence electrons. The van der Waals surface area contributed by atoms with Crippen LogP contribution in [0, 0.1) is 0 Å². The van der Waals surface area contributed by atoms with Crippen LogP contribution < -0.4 is 4.74 Å². The maximum absolute atomic E-state index is 5.33. The number of hydrogen-bond acceptors (Lipinski definition) is 3. The van der Waals surface area contributed by atoms with Gasteiger partial charge in [-0.2, -0.15) is 0 Å². The third-order valence-electron chi connectivity index (χ3n) is 2.75. The second kappa shape index (κ2) is 5.66. The molecule has 0 amide bonds. The molecular weight excluding hydrogens is 270 g/mol. The molecule has 16 heavy (non-hydrogen) atoms. The first kappa shape index (κ1) is 11.9. The van der Waals surface area contributed by atoms with Gasteiger partial charge in [0.2, 0.25) is 0 Å². The molecule has 2 rings (SSSR count). The molecular formula is C12H16BrNO2. The molecule has 0 aromatic heterocycles. The van der Waals surface area contributed by atoms with E-state index in [0.717, 1.165) is 43.1 Å². The van der Waals surface area contributed by atoms with Crippen molar-refractivity contribution >= 4 is 15.9 Å². The van der Waals surface area contributed by atoms with E-state index in [2.05, 4.69) is 26.9 Å². The van der Waals surface area contributed by atoms with E-state index < -0.39 is 0 Å². The first-order chi connectivity index (χ1) is 7.79. The van der Waals surface area contributed by atoms with Gasteiger partial charge in [-0.05, 0) is 23.8 Å². The lowest BCUT2D eigenvalue weighted by Crippen LogP contribution is -2.35. The van der Waals surface area contributed by atoms with Gasteiger partial charge in [0, 0.05) is 24.1 Å². The van der Waals surface area contributed by atoms with Gasteiger partial charge in [0.1, 0.15) is 5.75 Å². The summed E-state index contributed by atoms with van der Waals surface area (Å²) in [6.45, 7) is 4.62. The van der Waals surface area contributed by atoms with Crippen LogP contribution in [0.2, 0.25) is 0 Å². The van der Waals surface area contributed by atoms with Crippen LogP contribution >= 0.6 is 15.9 Å². The Morgan fingerprint density at radius 2 is 2.12 bits per heavy atom. The van der Waals surface area contributed by atoms with E-state index in [4.69, 9.17) is 9.47 Å². The van der Waals surface area contributed by atoms with Crippen LogP contribution in [-0.4, -0.2) is 38.3 Å². The summed E-state index contributed by atoms with van der Waals surface area (Å²) in [6.07, 6.45) is 0. The average Bonchev–Trinajstić information content (AvgIpc) is 2.33. The largest absolute Gasteiger partial charge is 0.497 e. The van der Waals surface area contributed by atoms with Crippen molar-refractivity contribution in [1.29, 1.82) is 0 Å². The van der Waals surface area contributed by atoms with Crippen LogP contribution in [0.5, 0.6) is 5.75 Å². The third-order valence-corrected chi connectivity index (χ3v) is 3.52. The SMILES string of the molecule is COc1ccc(Br)c(CN2CCOCC2)c1. The summed E-state index contributed by atoms with van der Waals surface area (Å²) < 4.78 is 11.7. The number of nitrogens with zero attached hydrogens (tertiary/aromatic N) is 1. The normalized spacial score (nSPS) is 17.4. The Balaban J connectivity index is 2.06. The van der Waals surface area contributed by atoms with Crippen molar-refractivity contribution < 1.29 is 9.47 Å². The summed E-state index contributed by atoms with van der Waals surface area (Å²) in [5, 5.41) is 0. The fraction of sp³-hybridized carbons (Fsp3) is 0.500. The first-order valence-electron chi connectivity index (χ1n) is 5.42. The lowest BCUT2D eigenvalue weighted by Gasteiger charge is -2.27. The zero-order valence-corrected chi connectivity index (χ0v) is 11.0. The van der Waals surface area contributed by atoms with Crippen LogP contribution in [0.4, 0.5) is 0 Å². The summed E-state index contributed by atoms with van der Waals surface area (Å²) in [5.74, 6) is 0.909. The van der Waals surface area contributed by atoms with E-state index in [1.165, 1.54) is 5.56 Å². The standard InChI is InChI=1S/C12H16BrNO2/c1-15-11-2-3-12(13)10(8-11)9-14-4-6-16-7-5-14/h2-3,8H,4-7,9H2,1H3. The summed E-state index contributed by atoms with van der Waals surface area (Å²) in [5.41, 5.74) is 1.27. The number of methoxy groups -OCH3 is 1. The second-order valence-electron chi connectivity index (χ2n) is 3.85. The smallest absolute Gasteiger partial charge is 0.119 e. The Morgan fingerprint density at radius 3 is 2.81 bits per heavy atom. The highest BCUT2D eigenvalue weighted by atomic mass is 79.9. The van der Waals surface area contributed by atoms with Gasteiger partial charge in [-0.15, -0.1) is 0 Å². The molecule has 0 aliphatic carbocycles. The van der Waals surface area contributed by atoms with Crippen molar-refractivity contribution in [2.24, 2.45) is 0 Å². The van der Waals surface area contributed by atoms with Gasteiger partial charge in [0.05, 0.1) is 20.3 Å². The van der Waals surface area contributed by atoms with Gasteiger partial charge in [-0.25, -0.2) is 0 Å². The Kier molecular flexibility index (Phi) is 4.21. The van der Waals surface area contributed by atoms with E-state index in [0.29, 0.717) is 0 Å². The maximum atomic E-state index is 5.33. The minimum atomic E-state index is 0.835. The number of benzene rings is 1. The van der Waals surface area contributed by atoms with E-state index in [9.17, 15) is 0 Å². The van der Waals surface area contributed by atoms with Crippen LogP contribution in [0.3, 0.4) is 0 Å². The number of morpholine rings is 1. The molecule has 1 aliphatic heterocycles. The summed E-state index contributed by atoms with van der Waals surface area (Å²) in [6, 6.07) is 6.08. The lowest BCUT2D eigenvalue weighted by molar-refractivity contribution is 0.0341. The minimum absolute atomic E-state index is 0.835. The predicted molar refractivity (Wildman–Crippen MR) is 66.8 cm³/mol. The summed E-state index contributed by atoms with van der Waals surface area (Å²) in [4.78, 5) is 2.39. The minimum Gasteiger partial charge on any atom is -0.497 e. The molecule has 1 aromatic carbocycles. The van der Waals surface area contributed by atoms with Gasteiger partial charge in [0.15, 0.2) is 0 Å². The molecule has 3 nitrogen and oxygen atoms in total. The Hall–Kier alpha value is -0.580. The number of hydrogen-bond donors (Lipinski definition) is 0. The molecule has 0 atom stereocenters. The van der Waals surface area contributed by atoms with E-state index in [1.807, 2.05) is 12.1 Å². The molecule has 0 N–H and O–H groups in total. The monoisotopic (exact) mass is 285 g/mol. The topological polar surface area (TPSA) is 21.7 Å². The van der Waals surface area contributed by atoms with E-state index >= 15 is 0 Å². The Bertz CT molecular complexity index is 351. The zero-order valence-electron chi connectivity index (χ0n) is 9.41. The Labute approximate surface area is 104 Å². The van der Waals surface area contributed by atoms with Crippen molar-refractivity contribution in [2.45, 2.75) is 6.54 Å². The van der Waals surface area contributed by atoms with Crippen molar-refractivity contribution in [3.05, 3.63) is 28.2 Å². The van der Waals surface area contributed by atoms with Crippen molar-refractivity contribution in [1.82, 2.24) is 4.90 Å². The molecule has 1 heterocycles. The first-order valence-corrected chi connectivity index (χ1v) is 6.21. The lowest BCUT2D eigenvalue weighted by atomic mass is 10.2. The zero-order chi connectivity index (χ0) is 11.4. The molecule has 0 spiro atoms. The van der Waals surface area contributed by atoms with Gasteiger partial charge in [-0.1, -0.05) is 15.9 Å². The number of rotatable bonds is 3. The van der Waals surface area contributed by atoms with Gasteiger partial charge in [0.25, 0.3) is 0 Å². The van der Waals surface area contributed by atoms with Gasteiger partial charge < -0.3 is 9.47 Å². The predicted octanol–water partition coefficient (Wildman–Crippen LogP) is 2.29. The average molecular weight is 286 g/mol. The van der Waals surface area contributed by atoms with Crippen LogP contribution in [0.25, 0.3) is 0 Å². The fourth-order valence-electron chi connectivity index (χ4n) is 1.80. The number of halogens is 1. The molecule has 1 saturated heterocycles. The molecule has 1 aliphatic rings. The highest BCUT2D eigenvalue weighted by Gasteiger charge is 2.12. The van der Waals surface area contributed by atoms with Crippen LogP contribution in [0.15, 0.2) is 22.7 Å². The summed E-state index contributed by atoms with van der Waals surface area (Å²) in [7, 11) is 1.70. The molecule has 0 bridgehead atoms. The molecule has 4 heteroatoms. The highest BCUT2D eigenvalue weighted by molar-refractivity contribution is 9.10. The van der Waals surface area contributed by atoms with Gasteiger partial charge in [-0.3, -0.25) is 4.90 Å². The third kappa shape index (κ3) is 2.97. The van der Waals surface area contributed by atoms with E-state index in [-0.39, 0.29) is 0 Å². The number of ether oxygens (including phenoxy) is 2. The quantitative estimate of drug-likeness (QED) is 0.851. The molecule has 1 fully saturated rings. The van der Waals surface area contributed by atoms with Crippen molar-refractivity contribution in [3.63, 3.8) is 0 Å². The summed E-state index contributed by atoms with van der Waals surface area (Å²) >= 11 is 3.57. The highest BCUT2D eigenvalue weighted by Crippen LogP contribution is 2.23. The second-order valence-corrected chi connectivity index (χ2v) is 4.70. The molecule has 1 aromatic rings. The van der Waals surface area contributed by atoms with E-state index in [1.54, 1.807) is 7.11 Å². The molecule has 0 unspecified atom stereocenters. The fourth-order valence-corrected chi connectivity index (χ4v) is 2.17. The van der Waals surface area contributed by atoms with Gasteiger partial charge >= 0.3 is 0 Å². The van der Waals surface area contributed by atoms with Crippen LogP contribution in [-0.2, 0) is 11.3 Å². The van der Waals surface area contributed by atoms with Crippen molar-refractivity contribution in [2.75, 3.05) is 33.4 Å². The van der Waals surface area contributed by atoms with Crippen molar-refractivity contribution in [3.8, 4) is 5.75 Å². The molecule has 0 saturated carbocycles. The Morgan fingerprint density at radius 1 is 1.38 bits per heavy atom. The van der Waals surface area contributed by atoms with Crippen LogP contribution in [0.1, 0.15) is 5.56 Å². The molecule has 0 radical (unpaired) electrons. The maximum Gasteiger partial charge on any atom is 0.119 e.